The Balaban J connectivity index is 2.95. The minimum atomic E-state index is -0.206. The molecular weight excluding hydrogens is 211 g/mol. The van der Waals surface area contributed by atoms with Gasteiger partial charge in [-0.2, -0.15) is 0 Å². The maximum Gasteiger partial charge on any atom is 0.241 e. The third-order valence-electron chi connectivity index (χ3n) is 2.90. The van der Waals surface area contributed by atoms with Crippen molar-refractivity contribution in [2.24, 2.45) is 0 Å². The number of aryl methyl sites for hydroxylation is 2. The summed E-state index contributed by atoms with van der Waals surface area (Å²) in [6, 6.07) is 3.81. The van der Waals surface area contributed by atoms with E-state index in [1.807, 2.05) is 32.9 Å². The second kappa shape index (κ2) is 5.87. The van der Waals surface area contributed by atoms with E-state index in [4.69, 9.17) is 7.85 Å². The molecule has 1 aromatic rings. The van der Waals surface area contributed by atoms with Crippen LogP contribution in [-0.4, -0.2) is 26.8 Å². The van der Waals surface area contributed by atoms with Crippen molar-refractivity contribution in [3.8, 4) is 0 Å². The maximum absolute atomic E-state index is 11.8. The number of carbonyl (C=O) groups excluding carboxylic acids is 1. The predicted molar refractivity (Wildman–Crippen MR) is 72.5 cm³/mol. The Kier molecular flexibility index (Phi) is 4.76. The van der Waals surface area contributed by atoms with Gasteiger partial charge < -0.3 is 10.6 Å². The van der Waals surface area contributed by atoms with E-state index < -0.39 is 0 Å². The molecule has 1 unspecified atom stereocenters. The minimum absolute atomic E-state index is 0.0285. The lowest BCUT2D eigenvalue weighted by Crippen LogP contribution is -2.35. The second-order valence-electron chi connectivity index (χ2n) is 4.31. The normalized spacial score (nSPS) is 12.2. The van der Waals surface area contributed by atoms with Crippen LogP contribution < -0.4 is 10.6 Å². The van der Waals surface area contributed by atoms with Crippen LogP contribution in [0.5, 0.6) is 0 Å². The molecule has 0 aromatic heterocycles. The molecule has 1 amide bonds. The van der Waals surface area contributed by atoms with E-state index in [2.05, 4.69) is 10.6 Å². The van der Waals surface area contributed by atoms with Crippen molar-refractivity contribution >= 4 is 19.4 Å². The molecule has 90 valence electrons. The average molecular weight is 230 g/mol. The van der Waals surface area contributed by atoms with Crippen LogP contribution in [0.15, 0.2) is 12.1 Å². The van der Waals surface area contributed by atoms with E-state index >= 15 is 0 Å². The molecule has 2 radical (unpaired) electrons. The Bertz CT molecular complexity index is 395. The van der Waals surface area contributed by atoms with Gasteiger partial charge >= 0.3 is 0 Å². The highest BCUT2D eigenvalue weighted by molar-refractivity contribution is 6.08. The molecule has 1 atom stereocenters. The molecule has 3 nitrogen and oxygen atoms in total. The molecule has 0 heterocycles. The zero-order valence-electron chi connectivity index (χ0n) is 10.9. The van der Waals surface area contributed by atoms with Crippen molar-refractivity contribution in [2.75, 3.05) is 12.4 Å². The summed E-state index contributed by atoms with van der Waals surface area (Å²) in [6.07, 6.45) is 0.517. The Morgan fingerprint density at radius 3 is 2.29 bits per heavy atom. The number of nitrogens with one attached hydrogen (secondary N) is 2. The highest BCUT2D eigenvalue weighted by Crippen LogP contribution is 2.22. The second-order valence-corrected chi connectivity index (χ2v) is 4.31. The van der Waals surface area contributed by atoms with E-state index in [1.54, 1.807) is 7.05 Å². The maximum atomic E-state index is 11.8. The predicted octanol–water partition coefficient (Wildman–Crippen LogP) is 1.52. The molecule has 0 aliphatic carbocycles. The lowest BCUT2D eigenvalue weighted by Gasteiger charge is -2.16. The van der Waals surface area contributed by atoms with Crippen LogP contribution in [-0.2, 0) is 11.1 Å². The lowest BCUT2D eigenvalue weighted by molar-refractivity contribution is -0.117. The number of hydrogen-bond donors (Lipinski definition) is 2. The van der Waals surface area contributed by atoms with Crippen molar-refractivity contribution < 1.29 is 4.79 Å². The molecule has 1 aromatic carbocycles. The Morgan fingerprint density at radius 2 is 1.88 bits per heavy atom. The number of carbonyl (C=O) groups is 1. The van der Waals surface area contributed by atoms with E-state index in [0.29, 0.717) is 6.32 Å². The zero-order valence-corrected chi connectivity index (χ0v) is 10.9. The smallest absolute Gasteiger partial charge is 0.241 e. The van der Waals surface area contributed by atoms with Crippen LogP contribution in [0, 0.1) is 13.8 Å². The summed E-state index contributed by atoms with van der Waals surface area (Å²) in [5, 5.41) is 5.85. The number of amides is 1. The Morgan fingerprint density at radius 1 is 1.35 bits per heavy atom. The fourth-order valence-electron chi connectivity index (χ4n) is 1.73. The molecule has 0 fully saturated rings. The average Bonchev–Trinajstić information content (AvgIpc) is 2.31. The molecule has 0 aliphatic rings. The molecule has 0 saturated carbocycles. The van der Waals surface area contributed by atoms with Crippen LogP contribution in [0.4, 0.5) is 5.69 Å². The largest absolute Gasteiger partial charge is 0.324 e. The summed E-state index contributed by atoms with van der Waals surface area (Å²) in [7, 11) is 7.38. The topological polar surface area (TPSA) is 41.1 Å². The highest BCUT2D eigenvalue weighted by Gasteiger charge is 2.13. The van der Waals surface area contributed by atoms with Gasteiger partial charge in [-0.1, -0.05) is 24.0 Å². The SMILES string of the molecule is [B]Cc1cc(C)c(NC(=O)C(C)NC)c(C)c1. The zero-order chi connectivity index (χ0) is 13.0. The molecule has 0 spiro atoms. The van der Waals surface area contributed by atoms with Crippen molar-refractivity contribution in [2.45, 2.75) is 33.1 Å². The fraction of sp³-hybridized carbons (Fsp3) is 0.462. The molecular formula is C13H19BN2O. The number of likely N-dealkylation sites (N-methyl/N-ethyl adjacent to an activating group) is 1. The minimum Gasteiger partial charge on any atom is -0.324 e. The first-order chi connectivity index (χ1) is 7.99. The van der Waals surface area contributed by atoms with Gasteiger partial charge in [0.05, 0.1) is 13.9 Å². The van der Waals surface area contributed by atoms with E-state index in [9.17, 15) is 4.79 Å². The molecule has 17 heavy (non-hydrogen) atoms. The molecule has 2 N–H and O–H groups in total. The van der Waals surface area contributed by atoms with E-state index in [1.165, 1.54) is 0 Å². The van der Waals surface area contributed by atoms with Gasteiger partial charge in [-0.25, -0.2) is 0 Å². The van der Waals surface area contributed by atoms with Gasteiger partial charge in [0.15, 0.2) is 0 Å². The number of benzene rings is 1. The van der Waals surface area contributed by atoms with Gasteiger partial charge in [0.25, 0.3) is 0 Å². The molecule has 1 rings (SSSR count). The third kappa shape index (κ3) is 3.33. The highest BCUT2D eigenvalue weighted by atomic mass is 16.2. The van der Waals surface area contributed by atoms with Gasteiger partial charge in [-0.15, -0.1) is 0 Å². The summed E-state index contributed by atoms with van der Waals surface area (Å²) in [4.78, 5) is 11.8. The summed E-state index contributed by atoms with van der Waals surface area (Å²) in [5.41, 5.74) is 4.05. The van der Waals surface area contributed by atoms with E-state index in [-0.39, 0.29) is 11.9 Å². The van der Waals surface area contributed by atoms with Crippen molar-refractivity contribution in [3.63, 3.8) is 0 Å². The van der Waals surface area contributed by atoms with E-state index in [0.717, 1.165) is 22.4 Å². The molecule has 0 aliphatic heterocycles. The summed E-state index contributed by atoms with van der Waals surface area (Å²) in [6.45, 7) is 5.78. The quantitative estimate of drug-likeness (QED) is 0.770. The standard InChI is InChI=1S/C13H19BN2O/c1-8-5-11(7-14)6-9(2)12(8)16-13(17)10(3)15-4/h5-6,10,15H,7H2,1-4H3,(H,16,17). The number of rotatable bonds is 4. The third-order valence-corrected chi connectivity index (χ3v) is 2.90. The first-order valence-electron chi connectivity index (χ1n) is 5.78. The summed E-state index contributed by atoms with van der Waals surface area (Å²) >= 11 is 0. The van der Waals surface area contributed by atoms with Crippen LogP contribution in [0.3, 0.4) is 0 Å². The van der Waals surface area contributed by atoms with Crippen molar-refractivity contribution in [3.05, 3.63) is 28.8 Å². The number of hydrogen-bond acceptors (Lipinski definition) is 2. The van der Waals surface area contributed by atoms with Crippen LogP contribution in [0.2, 0.25) is 0 Å². The lowest BCUT2D eigenvalue weighted by atomic mass is 9.93. The van der Waals surface area contributed by atoms with Gasteiger partial charge in [-0.05, 0) is 38.9 Å². The first-order valence-corrected chi connectivity index (χ1v) is 5.78. The van der Waals surface area contributed by atoms with Crippen LogP contribution >= 0.6 is 0 Å². The van der Waals surface area contributed by atoms with Crippen molar-refractivity contribution in [1.29, 1.82) is 0 Å². The Labute approximate surface area is 104 Å². The van der Waals surface area contributed by atoms with Crippen molar-refractivity contribution in [1.82, 2.24) is 5.32 Å². The summed E-state index contributed by atoms with van der Waals surface area (Å²) in [5.74, 6) is -0.0285. The monoisotopic (exact) mass is 230 g/mol. The van der Waals surface area contributed by atoms with Gasteiger partial charge in [0.1, 0.15) is 0 Å². The molecule has 4 heteroatoms. The number of anilines is 1. The Hall–Kier alpha value is -1.29. The fourth-order valence-corrected chi connectivity index (χ4v) is 1.73. The van der Waals surface area contributed by atoms with Crippen LogP contribution in [0.25, 0.3) is 0 Å². The first kappa shape index (κ1) is 13.8. The van der Waals surface area contributed by atoms with Gasteiger partial charge in [0, 0.05) is 5.69 Å². The van der Waals surface area contributed by atoms with Gasteiger partial charge in [-0.3, -0.25) is 4.79 Å². The summed E-state index contributed by atoms with van der Waals surface area (Å²) < 4.78 is 0. The van der Waals surface area contributed by atoms with Gasteiger partial charge in [0.2, 0.25) is 5.91 Å². The molecule has 0 saturated heterocycles. The van der Waals surface area contributed by atoms with Crippen LogP contribution in [0.1, 0.15) is 23.6 Å². The molecule has 0 bridgehead atoms.